The second-order valence-corrected chi connectivity index (χ2v) is 9.46. The van der Waals surface area contributed by atoms with Crippen molar-refractivity contribution in [2.75, 3.05) is 12.3 Å². The number of hydrazone groups is 1. The standard InChI is InChI=1S/C20H29N3O3S/c1-3-5-11-27(25,26)23(10-4-2)18-13-15-6-7-16(12-17(15)14-18)19-8-9-20(24)22-21-19/h6-7,12,18H,3-5,8-11,13-14H2,1-2H3,(H,22,24). The van der Waals surface area contributed by atoms with E-state index in [0.29, 0.717) is 25.8 Å². The first-order valence-corrected chi connectivity index (χ1v) is 11.5. The van der Waals surface area contributed by atoms with Crippen molar-refractivity contribution >= 4 is 21.6 Å². The van der Waals surface area contributed by atoms with Gasteiger partial charge in [-0.1, -0.05) is 32.4 Å². The summed E-state index contributed by atoms with van der Waals surface area (Å²) in [5, 5.41) is 4.17. The molecule has 0 aromatic heterocycles. The fourth-order valence-electron chi connectivity index (χ4n) is 3.87. The van der Waals surface area contributed by atoms with Crippen LogP contribution in [0.15, 0.2) is 23.3 Å². The van der Waals surface area contributed by atoms with Gasteiger partial charge in [0, 0.05) is 25.4 Å². The van der Waals surface area contributed by atoms with Gasteiger partial charge in [-0.05, 0) is 48.4 Å². The highest BCUT2D eigenvalue weighted by molar-refractivity contribution is 7.89. The highest BCUT2D eigenvalue weighted by atomic mass is 32.2. The van der Waals surface area contributed by atoms with E-state index in [2.05, 4.69) is 22.7 Å². The first-order chi connectivity index (χ1) is 12.9. The number of benzene rings is 1. The van der Waals surface area contributed by atoms with Gasteiger partial charge in [-0.3, -0.25) is 4.79 Å². The second kappa shape index (κ2) is 8.52. The molecule has 0 bridgehead atoms. The summed E-state index contributed by atoms with van der Waals surface area (Å²) in [7, 11) is -3.22. The molecule has 1 heterocycles. The van der Waals surface area contributed by atoms with Crippen LogP contribution >= 0.6 is 0 Å². The Labute approximate surface area is 162 Å². The molecule has 1 aliphatic carbocycles. The molecule has 1 aromatic rings. The molecule has 0 saturated carbocycles. The number of nitrogens with one attached hydrogen (secondary N) is 1. The summed E-state index contributed by atoms with van der Waals surface area (Å²) in [6.45, 7) is 4.62. The number of hydrogen-bond acceptors (Lipinski definition) is 4. The van der Waals surface area contributed by atoms with Crippen LogP contribution in [-0.2, 0) is 27.7 Å². The minimum Gasteiger partial charge on any atom is -0.273 e. The van der Waals surface area contributed by atoms with Crippen LogP contribution in [0.5, 0.6) is 0 Å². The van der Waals surface area contributed by atoms with Crippen LogP contribution in [0.4, 0.5) is 0 Å². The van der Waals surface area contributed by atoms with Crippen molar-refractivity contribution in [2.24, 2.45) is 5.10 Å². The van der Waals surface area contributed by atoms with Crippen molar-refractivity contribution in [3.05, 3.63) is 34.9 Å². The Morgan fingerprint density at radius 3 is 2.59 bits per heavy atom. The van der Waals surface area contributed by atoms with Gasteiger partial charge in [0.1, 0.15) is 0 Å². The van der Waals surface area contributed by atoms with Crippen molar-refractivity contribution in [1.82, 2.24) is 9.73 Å². The first-order valence-electron chi connectivity index (χ1n) is 9.91. The molecule has 1 aromatic carbocycles. The van der Waals surface area contributed by atoms with Crippen molar-refractivity contribution in [1.29, 1.82) is 0 Å². The molecule has 0 saturated heterocycles. The molecule has 1 atom stereocenters. The van der Waals surface area contributed by atoms with Crippen LogP contribution in [0.25, 0.3) is 0 Å². The highest BCUT2D eigenvalue weighted by Gasteiger charge is 2.33. The number of carbonyl (C=O) groups is 1. The van der Waals surface area contributed by atoms with E-state index in [1.165, 1.54) is 11.1 Å². The summed E-state index contributed by atoms with van der Waals surface area (Å²) < 4.78 is 27.4. The van der Waals surface area contributed by atoms with E-state index < -0.39 is 10.0 Å². The summed E-state index contributed by atoms with van der Waals surface area (Å²) >= 11 is 0. The molecule has 1 N–H and O–H groups in total. The third-order valence-electron chi connectivity index (χ3n) is 5.32. The summed E-state index contributed by atoms with van der Waals surface area (Å²) in [5.74, 6) is 0.186. The van der Waals surface area contributed by atoms with E-state index in [1.807, 2.05) is 19.9 Å². The Balaban J connectivity index is 1.78. The summed E-state index contributed by atoms with van der Waals surface area (Å²) in [4.78, 5) is 11.3. The molecule has 3 rings (SSSR count). The summed E-state index contributed by atoms with van der Waals surface area (Å²) in [6.07, 6.45) is 5.02. The van der Waals surface area contributed by atoms with Crippen molar-refractivity contribution in [2.45, 2.75) is 64.8 Å². The zero-order chi connectivity index (χ0) is 19.4. The molecule has 27 heavy (non-hydrogen) atoms. The van der Waals surface area contributed by atoms with E-state index >= 15 is 0 Å². The third-order valence-corrected chi connectivity index (χ3v) is 7.32. The normalized spacial score (nSPS) is 19.7. The number of unbranched alkanes of at least 4 members (excludes halogenated alkanes) is 1. The fraction of sp³-hybridized carbons (Fsp3) is 0.600. The van der Waals surface area contributed by atoms with Crippen LogP contribution in [0.2, 0.25) is 0 Å². The van der Waals surface area contributed by atoms with Gasteiger partial charge in [0.15, 0.2) is 0 Å². The maximum absolute atomic E-state index is 12.8. The summed E-state index contributed by atoms with van der Waals surface area (Å²) in [6, 6.07) is 6.25. The molecule has 7 heteroatoms. The molecule has 2 aliphatic rings. The molecule has 1 amide bonds. The van der Waals surface area contributed by atoms with Gasteiger partial charge in [0.05, 0.1) is 11.5 Å². The number of carbonyl (C=O) groups excluding carboxylic acids is 1. The molecule has 0 spiro atoms. The van der Waals surface area contributed by atoms with Crippen LogP contribution in [0, 0.1) is 0 Å². The van der Waals surface area contributed by atoms with Gasteiger partial charge in [-0.15, -0.1) is 0 Å². The van der Waals surface area contributed by atoms with Crippen LogP contribution in [-0.4, -0.2) is 42.7 Å². The molecule has 0 fully saturated rings. The zero-order valence-electron chi connectivity index (χ0n) is 16.2. The molecular weight excluding hydrogens is 362 g/mol. The lowest BCUT2D eigenvalue weighted by atomic mass is 10.00. The maximum atomic E-state index is 12.8. The lowest BCUT2D eigenvalue weighted by molar-refractivity contribution is -0.121. The average molecular weight is 392 g/mol. The van der Waals surface area contributed by atoms with E-state index in [0.717, 1.165) is 37.0 Å². The number of fused-ring (bicyclic) bond motifs is 1. The van der Waals surface area contributed by atoms with Crippen molar-refractivity contribution in [3.8, 4) is 0 Å². The Morgan fingerprint density at radius 2 is 1.93 bits per heavy atom. The highest BCUT2D eigenvalue weighted by Crippen LogP contribution is 2.29. The van der Waals surface area contributed by atoms with E-state index in [-0.39, 0.29) is 17.7 Å². The van der Waals surface area contributed by atoms with Gasteiger partial charge < -0.3 is 0 Å². The Hall–Kier alpha value is -1.73. The van der Waals surface area contributed by atoms with Gasteiger partial charge in [0.25, 0.3) is 0 Å². The largest absolute Gasteiger partial charge is 0.273 e. The monoisotopic (exact) mass is 391 g/mol. The maximum Gasteiger partial charge on any atom is 0.240 e. The van der Waals surface area contributed by atoms with Gasteiger partial charge >= 0.3 is 0 Å². The lowest BCUT2D eigenvalue weighted by Gasteiger charge is -2.27. The number of amides is 1. The van der Waals surface area contributed by atoms with Crippen LogP contribution in [0.1, 0.15) is 62.6 Å². The number of rotatable bonds is 8. The second-order valence-electron chi connectivity index (χ2n) is 7.42. The van der Waals surface area contributed by atoms with Crippen molar-refractivity contribution in [3.63, 3.8) is 0 Å². The minimum atomic E-state index is -3.22. The average Bonchev–Trinajstić information content (AvgIpc) is 3.07. The lowest BCUT2D eigenvalue weighted by Crippen LogP contribution is -2.42. The molecular formula is C20H29N3O3S. The minimum absolute atomic E-state index is 0.00468. The Bertz CT molecular complexity index is 833. The van der Waals surface area contributed by atoms with Gasteiger partial charge in [-0.2, -0.15) is 9.41 Å². The van der Waals surface area contributed by atoms with Crippen LogP contribution in [0.3, 0.4) is 0 Å². The number of sulfonamides is 1. The van der Waals surface area contributed by atoms with E-state index in [9.17, 15) is 13.2 Å². The summed E-state index contributed by atoms with van der Waals surface area (Å²) in [5.41, 5.74) is 6.87. The predicted octanol–water partition coefficient (Wildman–Crippen LogP) is 2.61. The number of nitrogens with zero attached hydrogens (tertiary/aromatic N) is 2. The van der Waals surface area contributed by atoms with Gasteiger partial charge in [-0.25, -0.2) is 13.8 Å². The first kappa shape index (κ1) is 20.0. The molecule has 0 radical (unpaired) electrons. The molecule has 1 unspecified atom stereocenters. The van der Waals surface area contributed by atoms with E-state index in [4.69, 9.17) is 0 Å². The fourth-order valence-corrected chi connectivity index (χ4v) is 5.83. The topological polar surface area (TPSA) is 78.8 Å². The SMILES string of the molecule is CCCCS(=O)(=O)N(CCC)C1Cc2ccc(C3=NNC(=O)CC3)cc2C1. The smallest absolute Gasteiger partial charge is 0.240 e. The number of hydrogen-bond donors (Lipinski definition) is 1. The quantitative estimate of drug-likeness (QED) is 0.740. The van der Waals surface area contributed by atoms with Crippen LogP contribution < -0.4 is 5.43 Å². The van der Waals surface area contributed by atoms with E-state index in [1.54, 1.807) is 4.31 Å². The third kappa shape index (κ3) is 4.58. The van der Waals surface area contributed by atoms with Gasteiger partial charge in [0.2, 0.25) is 15.9 Å². The molecule has 1 aliphatic heterocycles. The molecule has 148 valence electrons. The Kier molecular flexibility index (Phi) is 6.32. The zero-order valence-corrected chi connectivity index (χ0v) is 17.0. The Morgan fingerprint density at radius 1 is 1.15 bits per heavy atom. The van der Waals surface area contributed by atoms with Crippen molar-refractivity contribution < 1.29 is 13.2 Å². The predicted molar refractivity (Wildman–Crippen MR) is 107 cm³/mol. The molecule has 6 nitrogen and oxygen atoms in total.